The molecule has 3 aliphatic heterocycles. The van der Waals surface area contributed by atoms with Crippen molar-refractivity contribution in [2.75, 3.05) is 32.7 Å². The van der Waals surface area contributed by atoms with Crippen molar-refractivity contribution >= 4 is 12.0 Å². The molecule has 2 N–H and O–H groups in total. The molecule has 146 valence electrons. The second kappa shape index (κ2) is 7.48. The molecule has 3 heterocycles. The predicted molar refractivity (Wildman–Crippen MR) is 99.2 cm³/mol. The molecule has 3 saturated heterocycles. The van der Waals surface area contributed by atoms with Crippen LogP contribution in [0.25, 0.3) is 0 Å². The average molecular weight is 373 g/mol. The van der Waals surface area contributed by atoms with Gasteiger partial charge < -0.3 is 25.0 Å². The van der Waals surface area contributed by atoms with Crippen LogP contribution in [0, 0.1) is 0 Å². The first-order chi connectivity index (χ1) is 13.0. The molecule has 7 heteroatoms. The summed E-state index contributed by atoms with van der Waals surface area (Å²) in [4.78, 5) is 28.5. The SMILES string of the molecule is O=C1OC2(CCN(C(=O)C3CC(O)CN3)CC2)CN1CCc1ccccc1. The maximum atomic E-state index is 12.6. The molecule has 27 heavy (non-hydrogen) atoms. The predicted octanol–water partition coefficient (Wildman–Crippen LogP) is 0.765. The summed E-state index contributed by atoms with van der Waals surface area (Å²) in [5.74, 6) is 0.0478. The minimum atomic E-state index is -0.465. The monoisotopic (exact) mass is 373 g/mol. The number of carbonyl (C=O) groups is 2. The topological polar surface area (TPSA) is 82.1 Å². The Hall–Kier alpha value is -2.12. The van der Waals surface area contributed by atoms with Crippen LogP contribution in [0.4, 0.5) is 4.79 Å². The number of β-amino-alcohol motifs (C(OH)–C–C–N with tert-alkyl or cyclic N) is 1. The zero-order chi connectivity index (χ0) is 18.9. The first kappa shape index (κ1) is 18.3. The van der Waals surface area contributed by atoms with Gasteiger partial charge in [-0.15, -0.1) is 0 Å². The molecule has 1 spiro atoms. The highest BCUT2D eigenvalue weighted by molar-refractivity contribution is 5.82. The normalized spacial score (nSPS) is 27.2. The van der Waals surface area contributed by atoms with Crippen LogP contribution in [-0.2, 0) is 16.0 Å². The van der Waals surface area contributed by atoms with Crippen LogP contribution in [0.2, 0.25) is 0 Å². The van der Waals surface area contributed by atoms with Crippen LogP contribution in [0.15, 0.2) is 30.3 Å². The average Bonchev–Trinajstić information content (AvgIpc) is 3.24. The highest BCUT2D eigenvalue weighted by Gasteiger charge is 2.47. The summed E-state index contributed by atoms with van der Waals surface area (Å²) in [6.07, 6.45) is 1.94. The summed E-state index contributed by atoms with van der Waals surface area (Å²) >= 11 is 0. The molecule has 3 aliphatic rings. The summed E-state index contributed by atoms with van der Waals surface area (Å²) in [5, 5.41) is 12.7. The number of aliphatic hydroxyl groups excluding tert-OH is 1. The number of aliphatic hydroxyl groups is 1. The van der Waals surface area contributed by atoms with Gasteiger partial charge in [-0.05, 0) is 18.4 Å². The van der Waals surface area contributed by atoms with E-state index in [0.717, 1.165) is 6.42 Å². The van der Waals surface area contributed by atoms with Gasteiger partial charge in [0.15, 0.2) is 0 Å². The lowest BCUT2D eigenvalue weighted by Crippen LogP contribution is -2.52. The number of rotatable bonds is 4. The first-order valence-electron chi connectivity index (χ1n) is 9.77. The lowest BCUT2D eigenvalue weighted by atomic mass is 9.91. The van der Waals surface area contributed by atoms with Crippen molar-refractivity contribution in [1.82, 2.24) is 15.1 Å². The Labute approximate surface area is 159 Å². The Morgan fingerprint density at radius 3 is 2.67 bits per heavy atom. The second-order valence-electron chi connectivity index (χ2n) is 7.88. The number of ether oxygens (including phenoxy) is 1. The van der Waals surface area contributed by atoms with Crippen molar-refractivity contribution < 1.29 is 19.4 Å². The Morgan fingerprint density at radius 1 is 1.26 bits per heavy atom. The fraction of sp³-hybridized carbons (Fsp3) is 0.600. The maximum Gasteiger partial charge on any atom is 0.410 e. The van der Waals surface area contributed by atoms with Gasteiger partial charge in [0.25, 0.3) is 0 Å². The number of piperidine rings is 1. The zero-order valence-electron chi connectivity index (χ0n) is 15.5. The van der Waals surface area contributed by atoms with Gasteiger partial charge in [-0.1, -0.05) is 30.3 Å². The fourth-order valence-corrected chi connectivity index (χ4v) is 4.29. The molecule has 0 bridgehead atoms. The molecular weight excluding hydrogens is 346 g/mol. The van der Waals surface area contributed by atoms with Crippen molar-refractivity contribution in [2.24, 2.45) is 0 Å². The van der Waals surface area contributed by atoms with Crippen LogP contribution in [-0.4, -0.2) is 77.4 Å². The second-order valence-corrected chi connectivity index (χ2v) is 7.88. The van der Waals surface area contributed by atoms with Gasteiger partial charge in [-0.2, -0.15) is 0 Å². The number of hydrogen-bond donors (Lipinski definition) is 2. The Balaban J connectivity index is 1.29. The first-order valence-corrected chi connectivity index (χ1v) is 9.77. The highest BCUT2D eigenvalue weighted by atomic mass is 16.6. The van der Waals surface area contributed by atoms with Crippen LogP contribution < -0.4 is 5.32 Å². The molecule has 2 amide bonds. The maximum absolute atomic E-state index is 12.6. The summed E-state index contributed by atoms with van der Waals surface area (Å²) in [6.45, 7) is 2.90. The molecule has 1 aromatic rings. The van der Waals surface area contributed by atoms with Crippen molar-refractivity contribution in [3.05, 3.63) is 35.9 Å². The molecule has 0 aromatic heterocycles. The molecule has 3 fully saturated rings. The number of amides is 2. The molecule has 1 aromatic carbocycles. The molecule has 4 rings (SSSR count). The summed E-state index contributed by atoms with van der Waals surface area (Å²) < 4.78 is 5.75. The molecule has 2 unspecified atom stereocenters. The molecule has 0 radical (unpaired) electrons. The number of likely N-dealkylation sites (tertiary alicyclic amines) is 1. The van der Waals surface area contributed by atoms with E-state index in [2.05, 4.69) is 17.4 Å². The third-order valence-corrected chi connectivity index (χ3v) is 5.95. The lowest BCUT2D eigenvalue weighted by Gasteiger charge is -2.38. The summed E-state index contributed by atoms with van der Waals surface area (Å²) in [5.41, 5.74) is 0.741. The standard InChI is InChI=1S/C20H27N3O4/c24-16-12-17(21-13-16)18(25)22-10-7-20(8-11-22)14-23(19(26)27-20)9-6-15-4-2-1-3-5-15/h1-5,16-17,21,24H,6-14H2. The van der Waals surface area contributed by atoms with Crippen LogP contribution >= 0.6 is 0 Å². The third-order valence-electron chi connectivity index (χ3n) is 5.95. The van der Waals surface area contributed by atoms with Gasteiger partial charge >= 0.3 is 6.09 Å². The van der Waals surface area contributed by atoms with E-state index in [9.17, 15) is 14.7 Å². The van der Waals surface area contributed by atoms with E-state index in [-0.39, 0.29) is 18.0 Å². The minimum Gasteiger partial charge on any atom is -0.441 e. The molecule has 7 nitrogen and oxygen atoms in total. The Kier molecular flexibility index (Phi) is 5.06. The van der Waals surface area contributed by atoms with Crippen molar-refractivity contribution in [3.8, 4) is 0 Å². The zero-order valence-corrected chi connectivity index (χ0v) is 15.5. The van der Waals surface area contributed by atoms with E-state index in [1.54, 1.807) is 4.90 Å². The van der Waals surface area contributed by atoms with Crippen LogP contribution in [0.5, 0.6) is 0 Å². The van der Waals surface area contributed by atoms with E-state index in [1.165, 1.54) is 5.56 Å². The van der Waals surface area contributed by atoms with Gasteiger partial charge in [0, 0.05) is 39.0 Å². The number of carbonyl (C=O) groups excluding carboxylic acids is 2. The largest absolute Gasteiger partial charge is 0.441 e. The number of nitrogens with zero attached hydrogens (tertiary/aromatic N) is 2. The minimum absolute atomic E-state index is 0.0478. The number of hydrogen-bond acceptors (Lipinski definition) is 5. The Morgan fingerprint density at radius 2 is 2.00 bits per heavy atom. The third kappa shape index (κ3) is 3.94. The lowest BCUT2D eigenvalue weighted by molar-refractivity contribution is -0.136. The molecule has 0 aliphatic carbocycles. The fourth-order valence-electron chi connectivity index (χ4n) is 4.29. The smallest absolute Gasteiger partial charge is 0.410 e. The van der Waals surface area contributed by atoms with Crippen LogP contribution in [0.3, 0.4) is 0 Å². The van der Waals surface area contributed by atoms with Crippen LogP contribution in [0.1, 0.15) is 24.8 Å². The summed E-state index contributed by atoms with van der Waals surface area (Å²) in [6, 6.07) is 9.83. The van der Waals surface area contributed by atoms with E-state index < -0.39 is 11.7 Å². The van der Waals surface area contributed by atoms with E-state index >= 15 is 0 Å². The van der Waals surface area contributed by atoms with Gasteiger partial charge in [0.05, 0.1) is 18.7 Å². The molecule has 0 saturated carbocycles. The van der Waals surface area contributed by atoms with E-state index in [4.69, 9.17) is 4.74 Å². The van der Waals surface area contributed by atoms with Crippen molar-refractivity contribution in [3.63, 3.8) is 0 Å². The number of nitrogens with one attached hydrogen (secondary N) is 1. The van der Waals surface area contributed by atoms with Gasteiger partial charge in [-0.3, -0.25) is 4.79 Å². The van der Waals surface area contributed by atoms with Gasteiger partial charge in [0.2, 0.25) is 5.91 Å². The number of benzene rings is 1. The van der Waals surface area contributed by atoms with E-state index in [1.807, 2.05) is 23.1 Å². The summed E-state index contributed by atoms with van der Waals surface area (Å²) in [7, 11) is 0. The van der Waals surface area contributed by atoms with Crippen molar-refractivity contribution in [2.45, 2.75) is 43.4 Å². The Bertz CT molecular complexity index is 688. The van der Waals surface area contributed by atoms with Gasteiger partial charge in [0.1, 0.15) is 5.60 Å². The highest BCUT2D eigenvalue weighted by Crippen LogP contribution is 2.33. The molecule has 2 atom stereocenters. The van der Waals surface area contributed by atoms with Crippen molar-refractivity contribution in [1.29, 1.82) is 0 Å². The quantitative estimate of drug-likeness (QED) is 0.815. The molecular formula is C20H27N3O4. The van der Waals surface area contributed by atoms with Gasteiger partial charge in [-0.25, -0.2) is 4.79 Å². The van der Waals surface area contributed by atoms with E-state index in [0.29, 0.717) is 52.0 Å².